The van der Waals surface area contributed by atoms with Gasteiger partial charge >= 0.3 is 0 Å². The van der Waals surface area contributed by atoms with Crippen molar-refractivity contribution in [2.24, 2.45) is 7.05 Å². The van der Waals surface area contributed by atoms with Gasteiger partial charge in [-0.3, -0.25) is 19.8 Å². The van der Waals surface area contributed by atoms with Crippen molar-refractivity contribution in [2.45, 2.75) is 13.8 Å². The molecule has 0 bridgehead atoms. The molecule has 0 fully saturated rings. The molecule has 0 radical (unpaired) electrons. The van der Waals surface area contributed by atoms with E-state index in [9.17, 15) is 10.1 Å². The topological polar surface area (TPSA) is 105 Å². The van der Waals surface area contributed by atoms with E-state index in [0.717, 1.165) is 11.3 Å². The lowest BCUT2D eigenvalue weighted by Crippen LogP contribution is -2.01. The fourth-order valence-electron chi connectivity index (χ4n) is 2.10. The van der Waals surface area contributed by atoms with Gasteiger partial charge in [0.05, 0.1) is 28.7 Å². The van der Waals surface area contributed by atoms with Crippen LogP contribution in [0.15, 0.2) is 24.7 Å². The van der Waals surface area contributed by atoms with E-state index in [2.05, 4.69) is 20.4 Å². The minimum Gasteiger partial charge on any atom is -0.272 e. The first-order chi connectivity index (χ1) is 10.5. The lowest BCUT2D eigenvalue weighted by molar-refractivity contribution is -0.385. The van der Waals surface area contributed by atoms with Crippen molar-refractivity contribution in [3.05, 3.63) is 46.2 Å². The molecule has 0 atom stereocenters. The normalized spacial score (nSPS) is 10.9. The Bertz CT molecular complexity index is 865. The minimum absolute atomic E-state index is 0.0878. The number of rotatable bonds is 3. The molecule has 3 aromatic heterocycles. The third-order valence-electron chi connectivity index (χ3n) is 3.51. The van der Waals surface area contributed by atoms with Crippen LogP contribution < -0.4 is 0 Å². The number of hydrogen-bond donors (Lipinski definition) is 0. The van der Waals surface area contributed by atoms with Gasteiger partial charge in [-0.15, -0.1) is 5.10 Å². The van der Waals surface area contributed by atoms with E-state index in [1.165, 1.54) is 16.9 Å². The van der Waals surface area contributed by atoms with Gasteiger partial charge in [0, 0.05) is 24.4 Å². The zero-order chi connectivity index (χ0) is 15.9. The Morgan fingerprint density at radius 1 is 1.27 bits per heavy atom. The van der Waals surface area contributed by atoms with Crippen LogP contribution in [0, 0.1) is 24.0 Å². The van der Waals surface area contributed by atoms with Gasteiger partial charge in [0.25, 0.3) is 5.69 Å². The maximum Gasteiger partial charge on any atom is 0.289 e. The Morgan fingerprint density at radius 2 is 2.05 bits per heavy atom. The molecule has 0 saturated carbocycles. The van der Waals surface area contributed by atoms with Gasteiger partial charge in [0.15, 0.2) is 0 Å². The number of nitro groups is 1. The van der Waals surface area contributed by atoms with Crippen molar-refractivity contribution in [1.29, 1.82) is 0 Å². The summed E-state index contributed by atoms with van der Waals surface area (Å²) in [6, 6.07) is 1.43. The van der Waals surface area contributed by atoms with E-state index >= 15 is 0 Å². The second-order valence-electron chi connectivity index (χ2n) is 4.87. The Kier molecular flexibility index (Phi) is 3.17. The summed E-state index contributed by atoms with van der Waals surface area (Å²) in [6.45, 7) is 3.69. The van der Waals surface area contributed by atoms with Crippen LogP contribution in [-0.2, 0) is 7.05 Å². The maximum atomic E-state index is 10.9. The van der Waals surface area contributed by atoms with E-state index in [1.54, 1.807) is 24.0 Å². The number of nitrogens with zero attached hydrogens (tertiary/aromatic N) is 7. The molecule has 9 heteroatoms. The number of hydrogen-bond acceptors (Lipinski definition) is 6. The highest BCUT2D eigenvalue weighted by Gasteiger charge is 2.15. The standard InChI is InChI=1S/C13H13N7O2/c1-8-13(4-10(5-14-8)20(21)22)19-7-12(16-17-19)11-6-15-18(3)9(11)2/h4-7H,1-3H3. The molecule has 0 aliphatic heterocycles. The number of pyridine rings is 1. The second kappa shape index (κ2) is 5.02. The minimum atomic E-state index is -0.487. The second-order valence-corrected chi connectivity index (χ2v) is 4.87. The van der Waals surface area contributed by atoms with Crippen LogP contribution in [0.25, 0.3) is 16.9 Å². The number of aryl methyl sites for hydroxylation is 2. The molecular formula is C13H13N7O2. The van der Waals surface area contributed by atoms with Crippen LogP contribution in [0.2, 0.25) is 0 Å². The molecular weight excluding hydrogens is 286 g/mol. The molecule has 0 spiro atoms. The molecule has 3 heterocycles. The van der Waals surface area contributed by atoms with E-state index in [-0.39, 0.29) is 5.69 Å². The summed E-state index contributed by atoms with van der Waals surface area (Å²) in [7, 11) is 1.85. The molecule has 3 rings (SSSR count). The van der Waals surface area contributed by atoms with Gasteiger partial charge in [-0.05, 0) is 13.8 Å². The predicted octanol–water partition coefficient (Wildman–Crippen LogP) is 1.59. The molecule has 0 unspecified atom stereocenters. The summed E-state index contributed by atoms with van der Waals surface area (Å²) in [6.07, 6.45) is 4.64. The van der Waals surface area contributed by atoms with Crippen molar-refractivity contribution in [3.8, 4) is 16.9 Å². The Morgan fingerprint density at radius 3 is 2.68 bits per heavy atom. The van der Waals surface area contributed by atoms with Crippen molar-refractivity contribution >= 4 is 5.69 Å². The fraction of sp³-hybridized carbons (Fsp3) is 0.231. The summed E-state index contributed by atoms with van der Waals surface area (Å²) >= 11 is 0. The third kappa shape index (κ3) is 2.22. The Balaban J connectivity index is 2.06. The fourth-order valence-corrected chi connectivity index (χ4v) is 2.10. The van der Waals surface area contributed by atoms with Crippen LogP contribution in [0.3, 0.4) is 0 Å². The Hall–Kier alpha value is -3.10. The van der Waals surface area contributed by atoms with E-state index in [4.69, 9.17) is 0 Å². The molecule has 0 aliphatic rings. The summed E-state index contributed by atoms with van der Waals surface area (Å²) in [5.74, 6) is 0. The monoisotopic (exact) mass is 299 g/mol. The molecule has 0 N–H and O–H groups in total. The van der Waals surface area contributed by atoms with E-state index < -0.39 is 4.92 Å². The highest BCUT2D eigenvalue weighted by molar-refractivity contribution is 5.60. The average Bonchev–Trinajstić information content (AvgIpc) is 3.07. The predicted molar refractivity (Wildman–Crippen MR) is 77.5 cm³/mol. The summed E-state index contributed by atoms with van der Waals surface area (Å²) in [5.41, 5.74) is 3.54. The molecule has 0 saturated heterocycles. The summed E-state index contributed by atoms with van der Waals surface area (Å²) in [5, 5.41) is 23.2. The first-order valence-electron chi connectivity index (χ1n) is 6.50. The number of aromatic nitrogens is 6. The van der Waals surface area contributed by atoms with Crippen LogP contribution >= 0.6 is 0 Å². The van der Waals surface area contributed by atoms with Crippen molar-refractivity contribution < 1.29 is 4.92 Å². The van der Waals surface area contributed by atoms with Crippen LogP contribution in [0.4, 0.5) is 5.69 Å². The highest BCUT2D eigenvalue weighted by atomic mass is 16.6. The maximum absolute atomic E-state index is 10.9. The average molecular weight is 299 g/mol. The van der Waals surface area contributed by atoms with Crippen molar-refractivity contribution in [3.63, 3.8) is 0 Å². The molecule has 22 heavy (non-hydrogen) atoms. The molecule has 112 valence electrons. The van der Waals surface area contributed by atoms with E-state index in [0.29, 0.717) is 17.1 Å². The van der Waals surface area contributed by atoms with Crippen molar-refractivity contribution in [2.75, 3.05) is 0 Å². The van der Waals surface area contributed by atoms with Crippen LogP contribution in [0.5, 0.6) is 0 Å². The van der Waals surface area contributed by atoms with Gasteiger partial charge in [-0.2, -0.15) is 5.10 Å². The van der Waals surface area contributed by atoms with Gasteiger partial charge in [0.2, 0.25) is 0 Å². The summed E-state index contributed by atoms with van der Waals surface area (Å²) < 4.78 is 3.23. The smallest absolute Gasteiger partial charge is 0.272 e. The SMILES string of the molecule is Cc1ncc([N+](=O)[O-])cc1-n1cc(-c2cnn(C)c2C)nn1. The van der Waals surface area contributed by atoms with Crippen LogP contribution in [-0.4, -0.2) is 34.7 Å². The molecule has 9 nitrogen and oxygen atoms in total. The molecule has 0 aliphatic carbocycles. The molecule has 3 aromatic rings. The zero-order valence-electron chi connectivity index (χ0n) is 12.3. The van der Waals surface area contributed by atoms with Crippen LogP contribution in [0.1, 0.15) is 11.4 Å². The highest BCUT2D eigenvalue weighted by Crippen LogP contribution is 2.23. The molecule has 0 amide bonds. The lowest BCUT2D eigenvalue weighted by Gasteiger charge is -2.03. The quantitative estimate of drug-likeness (QED) is 0.537. The lowest BCUT2D eigenvalue weighted by atomic mass is 10.2. The first-order valence-corrected chi connectivity index (χ1v) is 6.50. The van der Waals surface area contributed by atoms with Gasteiger partial charge in [-0.25, -0.2) is 4.68 Å². The Labute approximate surface area is 125 Å². The van der Waals surface area contributed by atoms with E-state index in [1.807, 2.05) is 14.0 Å². The summed E-state index contributed by atoms with van der Waals surface area (Å²) in [4.78, 5) is 14.4. The largest absolute Gasteiger partial charge is 0.289 e. The van der Waals surface area contributed by atoms with Gasteiger partial charge in [0.1, 0.15) is 11.9 Å². The molecule has 0 aromatic carbocycles. The first kappa shape index (κ1) is 13.9. The van der Waals surface area contributed by atoms with Gasteiger partial charge < -0.3 is 0 Å². The third-order valence-corrected chi connectivity index (χ3v) is 3.51. The van der Waals surface area contributed by atoms with Gasteiger partial charge in [-0.1, -0.05) is 5.21 Å². The zero-order valence-corrected chi connectivity index (χ0v) is 12.3. The van der Waals surface area contributed by atoms with Crippen molar-refractivity contribution in [1.82, 2.24) is 29.8 Å².